The van der Waals surface area contributed by atoms with Crippen LogP contribution < -0.4 is 5.32 Å². The Balaban J connectivity index is 1.71. The summed E-state index contributed by atoms with van der Waals surface area (Å²) in [6.45, 7) is 1.58. The minimum absolute atomic E-state index is 0.112. The van der Waals surface area contributed by atoms with Gasteiger partial charge in [-0.1, -0.05) is 30.3 Å². The molecule has 0 saturated carbocycles. The molecular weight excluding hydrogens is 250 g/mol. The molecule has 1 fully saturated rings. The zero-order chi connectivity index (χ0) is 13.7. The van der Waals surface area contributed by atoms with Crippen molar-refractivity contribution in [3.05, 3.63) is 35.9 Å². The molecule has 1 aromatic rings. The van der Waals surface area contributed by atoms with Crippen molar-refractivity contribution in [1.82, 2.24) is 10.2 Å². The van der Waals surface area contributed by atoms with Crippen LogP contribution in [-0.2, 0) is 11.3 Å². The fraction of sp³-hybridized carbons (Fsp3) is 0.500. The third-order valence-corrected chi connectivity index (χ3v) is 3.36. The molecule has 19 heavy (non-hydrogen) atoms. The summed E-state index contributed by atoms with van der Waals surface area (Å²) < 4.78 is 25.0. The van der Waals surface area contributed by atoms with E-state index in [9.17, 15) is 13.6 Å². The Hall–Kier alpha value is -1.49. The Morgan fingerprint density at radius 2 is 2.11 bits per heavy atom. The van der Waals surface area contributed by atoms with E-state index < -0.39 is 12.3 Å². The van der Waals surface area contributed by atoms with Crippen molar-refractivity contribution in [1.29, 1.82) is 0 Å². The van der Waals surface area contributed by atoms with Gasteiger partial charge >= 0.3 is 0 Å². The Morgan fingerprint density at radius 3 is 2.74 bits per heavy atom. The van der Waals surface area contributed by atoms with Gasteiger partial charge in [-0.25, -0.2) is 8.78 Å². The van der Waals surface area contributed by atoms with Crippen molar-refractivity contribution in [2.75, 3.05) is 19.6 Å². The molecule has 0 spiro atoms. The second kappa shape index (κ2) is 6.61. The second-order valence-corrected chi connectivity index (χ2v) is 4.88. The van der Waals surface area contributed by atoms with Crippen LogP contribution in [-0.4, -0.2) is 36.9 Å². The zero-order valence-corrected chi connectivity index (χ0v) is 10.7. The van der Waals surface area contributed by atoms with Crippen molar-refractivity contribution in [2.45, 2.75) is 19.4 Å². The number of alkyl halides is 2. The average molecular weight is 268 g/mol. The van der Waals surface area contributed by atoms with Crippen molar-refractivity contribution < 1.29 is 13.6 Å². The Bertz CT molecular complexity index is 411. The highest BCUT2D eigenvalue weighted by Crippen LogP contribution is 2.22. The summed E-state index contributed by atoms with van der Waals surface area (Å²) in [5.74, 6) is -0.694. The molecule has 1 saturated heterocycles. The topological polar surface area (TPSA) is 32.3 Å². The fourth-order valence-corrected chi connectivity index (χ4v) is 2.27. The molecule has 0 aromatic heterocycles. The lowest BCUT2D eigenvalue weighted by molar-refractivity contribution is -0.122. The van der Waals surface area contributed by atoms with E-state index in [1.165, 1.54) is 0 Å². The summed E-state index contributed by atoms with van der Waals surface area (Å²) in [6.07, 6.45) is -1.80. The summed E-state index contributed by atoms with van der Waals surface area (Å²) in [5, 5.41) is 2.80. The summed E-state index contributed by atoms with van der Waals surface area (Å²) in [6, 6.07) is 9.61. The van der Waals surface area contributed by atoms with Gasteiger partial charge in [0, 0.05) is 19.0 Å². The van der Waals surface area contributed by atoms with E-state index >= 15 is 0 Å². The molecule has 104 valence electrons. The van der Waals surface area contributed by atoms with E-state index in [0.717, 1.165) is 5.56 Å². The fourth-order valence-electron chi connectivity index (χ4n) is 2.27. The van der Waals surface area contributed by atoms with Gasteiger partial charge in [0.05, 0.1) is 6.54 Å². The molecule has 0 bridgehead atoms. The predicted molar refractivity (Wildman–Crippen MR) is 68.8 cm³/mol. The van der Waals surface area contributed by atoms with Crippen LogP contribution in [0.1, 0.15) is 12.0 Å². The highest BCUT2D eigenvalue weighted by Gasteiger charge is 2.30. The van der Waals surface area contributed by atoms with E-state index in [4.69, 9.17) is 0 Å². The van der Waals surface area contributed by atoms with Crippen molar-refractivity contribution in [2.24, 2.45) is 5.92 Å². The van der Waals surface area contributed by atoms with Crippen LogP contribution in [0.3, 0.4) is 0 Å². The molecule has 1 atom stereocenters. The number of carbonyl (C=O) groups is 1. The maximum Gasteiger partial charge on any atom is 0.242 e. The van der Waals surface area contributed by atoms with Crippen molar-refractivity contribution >= 4 is 5.91 Å². The van der Waals surface area contributed by atoms with Gasteiger partial charge in [-0.3, -0.25) is 9.69 Å². The van der Waals surface area contributed by atoms with Gasteiger partial charge in [-0.2, -0.15) is 0 Å². The van der Waals surface area contributed by atoms with Gasteiger partial charge in [-0.15, -0.1) is 0 Å². The molecule has 3 nitrogen and oxygen atoms in total. The normalized spacial score (nSPS) is 19.8. The number of rotatable bonds is 5. The monoisotopic (exact) mass is 268 g/mol. The highest BCUT2D eigenvalue weighted by molar-refractivity contribution is 5.78. The zero-order valence-electron chi connectivity index (χ0n) is 10.7. The number of halogens is 2. The van der Waals surface area contributed by atoms with E-state index in [2.05, 4.69) is 5.32 Å². The summed E-state index contributed by atoms with van der Waals surface area (Å²) in [4.78, 5) is 13.5. The van der Waals surface area contributed by atoms with Crippen LogP contribution in [0.2, 0.25) is 0 Å². The minimum Gasteiger partial charge on any atom is -0.351 e. The molecular formula is C14H18F2N2O. The molecule has 1 heterocycles. The van der Waals surface area contributed by atoms with Gasteiger partial charge in [0.1, 0.15) is 0 Å². The largest absolute Gasteiger partial charge is 0.351 e. The van der Waals surface area contributed by atoms with Crippen molar-refractivity contribution in [3.8, 4) is 0 Å². The minimum atomic E-state index is -2.28. The summed E-state index contributed by atoms with van der Waals surface area (Å²) in [5.41, 5.74) is 1.03. The second-order valence-electron chi connectivity index (χ2n) is 4.88. The number of carbonyl (C=O) groups excluding carboxylic acids is 1. The lowest BCUT2D eigenvalue weighted by Crippen LogP contribution is -2.36. The maximum absolute atomic E-state index is 12.5. The Labute approximate surface area is 111 Å². The van der Waals surface area contributed by atoms with Crippen molar-refractivity contribution in [3.63, 3.8) is 0 Å². The van der Waals surface area contributed by atoms with E-state index in [1.807, 2.05) is 30.3 Å². The van der Waals surface area contributed by atoms with Crippen LogP contribution >= 0.6 is 0 Å². The van der Waals surface area contributed by atoms with Crippen LogP contribution in [0.15, 0.2) is 30.3 Å². The van der Waals surface area contributed by atoms with E-state index in [0.29, 0.717) is 26.1 Å². The number of benzene rings is 1. The Kier molecular flexibility index (Phi) is 4.85. The third kappa shape index (κ3) is 4.28. The quantitative estimate of drug-likeness (QED) is 0.884. The SMILES string of the molecule is O=C(CN1CCC(C(F)F)C1)NCc1ccccc1. The molecule has 1 aliphatic heterocycles. The first-order valence-corrected chi connectivity index (χ1v) is 6.46. The average Bonchev–Trinajstić information content (AvgIpc) is 2.86. The smallest absolute Gasteiger partial charge is 0.242 e. The lowest BCUT2D eigenvalue weighted by Gasteiger charge is -2.15. The van der Waals surface area contributed by atoms with Crippen LogP contribution in [0.4, 0.5) is 8.78 Å². The number of nitrogens with one attached hydrogen (secondary N) is 1. The first kappa shape index (κ1) is 13.9. The first-order valence-electron chi connectivity index (χ1n) is 6.46. The van der Waals surface area contributed by atoms with Gasteiger partial charge in [0.15, 0.2) is 0 Å². The molecule has 1 amide bonds. The molecule has 1 aliphatic rings. The summed E-state index contributed by atoms with van der Waals surface area (Å²) in [7, 11) is 0. The molecule has 5 heteroatoms. The van der Waals surface area contributed by atoms with E-state index in [1.54, 1.807) is 4.90 Å². The molecule has 1 N–H and O–H groups in total. The molecule has 0 aliphatic carbocycles. The molecule has 1 aromatic carbocycles. The van der Waals surface area contributed by atoms with E-state index in [-0.39, 0.29) is 12.5 Å². The highest BCUT2D eigenvalue weighted by atomic mass is 19.3. The number of hydrogen-bond donors (Lipinski definition) is 1. The first-order chi connectivity index (χ1) is 9.15. The third-order valence-electron chi connectivity index (χ3n) is 3.36. The number of nitrogens with zero attached hydrogens (tertiary/aromatic N) is 1. The number of likely N-dealkylation sites (tertiary alicyclic amines) is 1. The van der Waals surface area contributed by atoms with Gasteiger partial charge < -0.3 is 5.32 Å². The maximum atomic E-state index is 12.5. The van der Waals surface area contributed by atoms with Gasteiger partial charge in [0.25, 0.3) is 0 Å². The summed E-state index contributed by atoms with van der Waals surface area (Å²) >= 11 is 0. The number of hydrogen-bond acceptors (Lipinski definition) is 2. The predicted octanol–water partition coefficient (Wildman–Crippen LogP) is 1.89. The number of amides is 1. The Morgan fingerprint density at radius 1 is 1.37 bits per heavy atom. The van der Waals surface area contributed by atoms with Gasteiger partial charge in [-0.05, 0) is 18.5 Å². The lowest BCUT2D eigenvalue weighted by atomic mass is 10.1. The van der Waals surface area contributed by atoms with Crippen LogP contribution in [0.5, 0.6) is 0 Å². The van der Waals surface area contributed by atoms with Gasteiger partial charge in [0.2, 0.25) is 12.3 Å². The van der Waals surface area contributed by atoms with Crippen LogP contribution in [0.25, 0.3) is 0 Å². The van der Waals surface area contributed by atoms with Crippen LogP contribution in [0, 0.1) is 5.92 Å². The molecule has 0 radical (unpaired) electrons. The standard InChI is InChI=1S/C14H18F2N2O/c15-14(16)12-6-7-18(9-12)10-13(19)17-8-11-4-2-1-3-5-11/h1-5,12,14H,6-10H2,(H,17,19). The molecule has 1 unspecified atom stereocenters. The molecule has 2 rings (SSSR count).